The van der Waals surface area contributed by atoms with Crippen molar-refractivity contribution in [3.05, 3.63) is 12.4 Å². The number of nitrogens with zero attached hydrogens (tertiary/aromatic N) is 3. The van der Waals surface area contributed by atoms with Crippen LogP contribution in [0.25, 0.3) is 0 Å². The van der Waals surface area contributed by atoms with Gasteiger partial charge >= 0.3 is 0 Å². The second kappa shape index (κ2) is 6.56. The summed E-state index contributed by atoms with van der Waals surface area (Å²) in [5.41, 5.74) is 0. The quantitative estimate of drug-likeness (QED) is 0.573. The molecule has 1 heterocycles. The molecule has 0 spiro atoms. The summed E-state index contributed by atoms with van der Waals surface area (Å²) in [6.45, 7) is 0.776. The fourth-order valence-corrected chi connectivity index (χ4v) is 2.27. The molecule has 0 aliphatic rings. The molecule has 0 saturated heterocycles. The van der Waals surface area contributed by atoms with Crippen molar-refractivity contribution in [2.75, 3.05) is 18.9 Å². The number of hydrogen-bond donors (Lipinski definition) is 2. The second-order valence-corrected chi connectivity index (χ2v) is 5.24. The van der Waals surface area contributed by atoms with E-state index in [0.717, 1.165) is 0 Å². The summed E-state index contributed by atoms with van der Waals surface area (Å²) in [5, 5.41) is 15.8. The van der Waals surface area contributed by atoms with E-state index < -0.39 is 10.0 Å². The van der Waals surface area contributed by atoms with Gasteiger partial charge in [-0.05, 0) is 12.8 Å². The third kappa shape index (κ3) is 5.19. The van der Waals surface area contributed by atoms with E-state index >= 15 is 0 Å². The topological polar surface area (TPSA) is 97.1 Å². The highest BCUT2D eigenvalue weighted by Crippen LogP contribution is 1.93. The van der Waals surface area contributed by atoms with E-state index in [2.05, 4.69) is 15.0 Å². The lowest BCUT2D eigenvalue weighted by atomic mass is 10.4. The first kappa shape index (κ1) is 13.1. The molecule has 8 heteroatoms. The summed E-state index contributed by atoms with van der Waals surface area (Å²) < 4.78 is 26.8. The highest BCUT2D eigenvalue weighted by Gasteiger charge is 2.08. The molecule has 1 rings (SSSR count). The standard InChI is InChI=1S/C8H16N4O3S/c13-7-1-2-8-16(14,15)10-4-6-12-5-3-9-11-12/h3,5,10,13H,1-2,4,6-8H2. The molecule has 92 valence electrons. The summed E-state index contributed by atoms with van der Waals surface area (Å²) >= 11 is 0. The van der Waals surface area contributed by atoms with Gasteiger partial charge in [-0.3, -0.25) is 4.68 Å². The number of rotatable bonds is 8. The Hall–Kier alpha value is -0.990. The van der Waals surface area contributed by atoms with Crippen LogP contribution in [0.4, 0.5) is 0 Å². The van der Waals surface area contributed by atoms with Crippen LogP contribution in [0, 0.1) is 0 Å². The molecular weight excluding hydrogens is 232 g/mol. The first-order valence-corrected chi connectivity index (χ1v) is 6.71. The Bertz CT molecular complexity index is 376. The Kier molecular flexibility index (Phi) is 5.36. The minimum atomic E-state index is -3.23. The fraction of sp³-hybridized carbons (Fsp3) is 0.750. The van der Waals surface area contributed by atoms with Crippen LogP contribution < -0.4 is 4.72 Å². The van der Waals surface area contributed by atoms with Gasteiger partial charge in [0, 0.05) is 19.3 Å². The average molecular weight is 248 g/mol. The van der Waals surface area contributed by atoms with Gasteiger partial charge in [0.1, 0.15) is 0 Å². The number of unbranched alkanes of at least 4 members (excludes halogenated alkanes) is 1. The van der Waals surface area contributed by atoms with Crippen molar-refractivity contribution < 1.29 is 13.5 Å². The zero-order valence-electron chi connectivity index (χ0n) is 8.91. The molecule has 7 nitrogen and oxygen atoms in total. The molecule has 0 aromatic carbocycles. The predicted octanol–water partition coefficient (Wildman–Crippen LogP) is -1.03. The second-order valence-electron chi connectivity index (χ2n) is 3.31. The van der Waals surface area contributed by atoms with Gasteiger partial charge in [0.05, 0.1) is 18.5 Å². The van der Waals surface area contributed by atoms with Crippen LogP contribution >= 0.6 is 0 Å². The molecule has 0 aliphatic carbocycles. The van der Waals surface area contributed by atoms with Crippen LogP contribution in [0.5, 0.6) is 0 Å². The van der Waals surface area contributed by atoms with Crippen molar-refractivity contribution in [3.63, 3.8) is 0 Å². The van der Waals surface area contributed by atoms with Crippen LogP contribution in [0.1, 0.15) is 12.8 Å². The molecule has 0 fully saturated rings. The normalized spacial score (nSPS) is 11.8. The van der Waals surface area contributed by atoms with Crippen LogP contribution in [0.3, 0.4) is 0 Å². The number of aliphatic hydroxyl groups excluding tert-OH is 1. The Balaban J connectivity index is 2.20. The molecule has 0 atom stereocenters. The van der Waals surface area contributed by atoms with Gasteiger partial charge in [0.25, 0.3) is 0 Å². The first-order valence-electron chi connectivity index (χ1n) is 5.06. The summed E-state index contributed by atoms with van der Waals surface area (Å²) in [6.07, 6.45) is 4.18. The summed E-state index contributed by atoms with van der Waals surface area (Å²) in [5.74, 6) is 0.0465. The fourth-order valence-electron chi connectivity index (χ4n) is 1.14. The van der Waals surface area contributed by atoms with Crippen LogP contribution in [0.15, 0.2) is 12.4 Å². The van der Waals surface area contributed by atoms with Crippen molar-refractivity contribution in [1.82, 2.24) is 19.7 Å². The van der Waals surface area contributed by atoms with E-state index in [1.165, 1.54) is 6.20 Å². The summed E-state index contributed by atoms with van der Waals surface area (Å²) in [4.78, 5) is 0. The van der Waals surface area contributed by atoms with Gasteiger partial charge in [-0.2, -0.15) is 0 Å². The Morgan fingerprint density at radius 1 is 1.38 bits per heavy atom. The molecule has 2 N–H and O–H groups in total. The predicted molar refractivity (Wildman–Crippen MR) is 58.1 cm³/mol. The molecule has 0 radical (unpaired) electrons. The zero-order valence-corrected chi connectivity index (χ0v) is 9.73. The van der Waals surface area contributed by atoms with Crippen LogP contribution in [0.2, 0.25) is 0 Å². The van der Waals surface area contributed by atoms with Gasteiger partial charge in [0.2, 0.25) is 10.0 Å². The lowest BCUT2D eigenvalue weighted by Gasteiger charge is -2.05. The van der Waals surface area contributed by atoms with Gasteiger partial charge in [0.15, 0.2) is 0 Å². The highest BCUT2D eigenvalue weighted by atomic mass is 32.2. The monoisotopic (exact) mass is 248 g/mol. The van der Waals surface area contributed by atoms with Gasteiger partial charge in [-0.15, -0.1) is 5.10 Å². The highest BCUT2D eigenvalue weighted by molar-refractivity contribution is 7.89. The molecule has 1 aromatic heterocycles. The van der Waals surface area contributed by atoms with E-state index in [4.69, 9.17) is 5.11 Å². The van der Waals surface area contributed by atoms with Crippen LogP contribution in [-0.4, -0.2) is 47.4 Å². The van der Waals surface area contributed by atoms with Gasteiger partial charge < -0.3 is 5.11 Å². The lowest BCUT2D eigenvalue weighted by Crippen LogP contribution is -2.29. The Morgan fingerprint density at radius 3 is 2.81 bits per heavy atom. The third-order valence-corrected chi connectivity index (χ3v) is 3.43. The summed E-state index contributed by atoms with van der Waals surface area (Å²) in [7, 11) is -3.23. The van der Waals surface area contributed by atoms with E-state index in [1.807, 2.05) is 0 Å². The van der Waals surface area contributed by atoms with Crippen molar-refractivity contribution in [3.8, 4) is 0 Å². The van der Waals surface area contributed by atoms with E-state index in [-0.39, 0.29) is 12.4 Å². The average Bonchev–Trinajstić information content (AvgIpc) is 2.70. The number of sulfonamides is 1. The minimum Gasteiger partial charge on any atom is -0.396 e. The number of nitrogens with one attached hydrogen (secondary N) is 1. The zero-order chi connectivity index (χ0) is 11.9. The van der Waals surface area contributed by atoms with Gasteiger partial charge in [-0.25, -0.2) is 13.1 Å². The van der Waals surface area contributed by atoms with E-state index in [9.17, 15) is 8.42 Å². The van der Waals surface area contributed by atoms with E-state index in [0.29, 0.717) is 25.9 Å². The molecule has 0 amide bonds. The molecule has 16 heavy (non-hydrogen) atoms. The van der Waals surface area contributed by atoms with E-state index in [1.54, 1.807) is 10.9 Å². The third-order valence-electron chi connectivity index (χ3n) is 1.96. The Labute approximate surface area is 94.5 Å². The maximum atomic E-state index is 11.4. The number of hydrogen-bond acceptors (Lipinski definition) is 5. The maximum absolute atomic E-state index is 11.4. The lowest BCUT2D eigenvalue weighted by molar-refractivity contribution is 0.287. The molecule has 0 saturated carbocycles. The molecule has 1 aromatic rings. The number of aromatic nitrogens is 3. The largest absolute Gasteiger partial charge is 0.396 e. The smallest absolute Gasteiger partial charge is 0.211 e. The number of aliphatic hydroxyl groups is 1. The molecule has 0 unspecified atom stereocenters. The van der Waals surface area contributed by atoms with Gasteiger partial charge in [-0.1, -0.05) is 5.21 Å². The van der Waals surface area contributed by atoms with Crippen molar-refractivity contribution in [2.45, 2.75) is 19.4 Å². The van der Waals surface area contributed by atoms with Crippen molar-refractivity contribution >= 4 is 10.0 Å². The first-order chi connectivity index (χ1) is 7.64. The van der Waals surface area contributed by atoms with Crippen molar-refractivity contribution in [1.29, 1.82) is 0 Å². The van der Waals surface area contributed by atoms with Crippen LogP contribution in [-0.2, 0) is 16.6 Å². The molecule has 0 bridgehead atoms. The van der Waals surface area contributed by atoms with Crippen molar-refractivity contribution in [2.24, 2.45) is 0 Å². The summed E-state index contributed by atoms with van der Waals surface area (Å²) in [6, 6.07) is 0. The maximum Gasteiger partial charge on any atom is 0.211 e. The minimum absolute atomic E-state index is 0.0223. The molecule has 0 aliphatic heterocycles. The Morgan fingerprint density at radius 2 is 2.19 bits per heavy atom. The SMILES string of the molecule is O=S(=O)(CCCCO)NCCn1ccnn1. The molecular formula is C8H16N4O3S.